The van der Waals surface area contributed by atoms with E-state index < -0.39 is 12.0 Å². The zero-order valence-corrected chi connectivity index (χ0v) is 13.0. The molecule has 0 fully saturated rings. The minimum absolute atomic E-state index is 0.0940. The van der Waals surface area contributed by atoms with Crippen LogP contribution in [-0.4, -0.2) is 37.9 Å². The van der Waals surface area contributed by atoms with Crippen LogP contribution in [0.4, 0.5) is 0 Å². The highest BCUT2D eigenvalue weighted by Crippen LogP contribution is 2.20. The van der Waals surface area contributed by atoms with Crippen molar-refractivity contribution in [3.05, 3.63) is 41.3 Å². The molecule has 2 heterocycles. The Bertz CT molecular complexity index is 652. The van der Waals surface area contributed by atoms with Crippen molar-refractivity contribution in [2.75, 3.05) is 5.75 Å². The van der Waals surface area contributed by atoms with Crippen molar-refractivity contribution in [2.45, 2.75) is 24.9 Å². The van der Waals surface area contributed by atoms with E-state index >= 15 is 0 Å². The van der Waals surface area contributed by atoms with Crippen molar-refractivity contribution in [3.63, 3.8) is 0 Å². The molecule has 0 aliphatic rings. The number of aromatic amines is 1. The number of aromatic nitrogens is 3. The number of amides is 1. The summed E-state index contributed by atoms with van der Waals surface area (Å²) < 4.78 is 0. The van der Waals surface area contributed by atoms with Crippen LogP contribution in [0.2, 0.25) is 0 Å². The van der Waals surface area contributed by atoms with Gasteiger partial charge in [-0.3, -0.25) is 9.89 Å². The van der Waals surface area contributed by atoms with Crippen LogP contribution in [-0.2, 0) is 9.59 Å². The lowest BCUT2D eigenvalue weighted by molar-refractivity contribution is -0.141. The molecule has 2 aromatic rings. The summed E-state index contributed by atoms with van der Waals surface area (Å²) in [6.07, 6.45) is 1.64. The first-order valence-corrected chi connectivity index (χ1v) is 7.55. The highest BCUT2D eigenvalue weighted by molar-refractivity contribution is 7.99. The molecule has 0 bridgehead atoms. The summed E-state index contributed by atoms with van der Waals surface area (Å²) in [5.74, 6) is -1.40. The van der Waals surface area contributed by atoms with Crippen molar-refractivity contribution in [2.24, 2.45) is 0 Å². The SMILES string of the molecule is Cc1n[nH]c(C)c1[C@@H](NC(=O)CSc1ccccn1)C(=O)O. The van der Waals surface area contributed by atoms with Crippen molar-refractivity contribution in [3.8, 4) is 0 Å². The van der Waals surface area contributed by atoms with Crippen molar-refractivity contribution in [1.82, 2.24) is 20.5 Å². The predicted octanol–water partition coefficient (Wildman–Crippen LogP) is 1.46. The van der Waals surface area contributed by atoms with Crippen LogP contribution in [0.1, 0.15) is 23.0 Å². The molecule has 0 aliphatic heterocycles. The molecule has 0 saturated carbocycles. The van der Waals surface area contributed by atoms with Gasteiger partial charge in [-0.15, -0.1) is 0 Å². The number of nitrogens with zero attached hydrogens (tertiary/aromatic N) is 2. The van der Waals surface area contributed by atoms with Crippen molar-refractivity contribution >= 4 is 23.6 Å². The first-order chi connectivity index (χ1) is 10.5. The van der Waals surface area contributed by atoms with E-state index in [0.717, 1.165) is 0 Å². The van der Waals surface area contributed by atoms with E-state index in [4.69, 9.17) is 0 Å². The van der Waals surface area contributed by atoms with Crippen LogP contribution >= 0.6 is 11.8 Å². The van der Waals surface area contributed by atoms with Gasteiger partial charge in [0.2, 0.25) is 5.91 Å². The molecular weight excluding hydrogens is 304 g/mol. The summed E-state index contributed by atoms with van der Waals surface area (Å²) in [5.41, 5.74) is 1.67. The molecule has 0 unspecified atom stereocenters. The Morgan fingerprint density at radius 2 is 2.18 bits per heavy atom. The molecule has 0 saturated heterocycles. The fourth-order valence-electron chi connectivity index (χ4n) is 2.02. The number of hydrogen-bond donors (Lipinski definition) is 3. The van der Waals surface area contributed by atoms with Crippen LogP contribution in [0.5, 0.6) is 0 Å². The van der Waals surface area contributed by atoms with E-state index in [2.05, 4.69) is 20.5 Å². The Hall–Kier alpha value is -2.35. The topological polar surface area (TPSA) is 108 Å². The zero-order valence-electron chi connectivity index (χ0n) is 12.2. The molecule has 0 radical (unpaired) electrons. The van der Waals surface area contributed by atoms with Crippen LogP contribution in [0.3, 0.4) is 0 Å². The Labute approximate surface area is 131 Å². The fraction of sp³-hybridized carbons (Fsp3) is 0.286. The Morgan fingerprint density at radius 1 is 1.41 bits per heavy atom. The lowest BCUT2D eigenvalue weighted by atomic mass is 10.1. The van der Waals surface area contributed by atoms with Gasteiger partial charge in [0.15, 0.2) is 6.04 Å². The molecule has 3 N–H and O–H groups in total. The number of carboxylic acids is 1. The number of carbonyl (C=O) groups is 2. The minimum Gasteiger partial charge on any atom is -0.479 e. The summed E-state index contributed by atoms with van der Waals surface area (Å²) in [7, 11) is 0. The lowest BCUT2D eigenvalue weighted by Gasteiger charge is -2.15. The van der Waals surface area contributed by atoms with Gasteiger partial charge in [0.05, 0.1) is 16.5 Å². The molecule has 22 heavy (non-hydrogen) atoms. The van der Waals surface area contributed by atoms with Gasteiger partial charge in [0.25, 0.3) is 0 Å². The molecule has 2 aromatic heterocycles. The molecule has 1 atom stereocenters. The van der Waals surface area contributed by atoms with E-state index in [1.807, 2.05) is 6.07 Å². The van der Waals surface area contributed by atoms with Gasteiger partial charge >= 0.3 is 5.97 Å². The third-order valence-corrected chi connectivity index (χ3v) is 3.96. The predicted molar refractivity (Wildman–Crippen MR) is 81.5 cm³/mol. The lowest BCUT2D eigenvalue weighted by Crippen LogP contribution is -2.35. The second-order valence-corrected chi connectivity index (χ2v) is 5.64. The van der Waals surface area contributed by atoms with Gasteiger partial charge in [-0.2, -0.15) is 5.10 Å². The number of carboxylic acid groups (broad SMARTS) is 1. The summed E-state index contributed by atoms with van der Waals surface area (Å²) in [6.45, 7) is 3.42. The minimum atomic E-state index is -1.12. The highest BCUT2D eigenvalue weighted by atomic mass is 32.2. The van der Waals surface area contributed by atoms with E-state index in [9.17, 15) is 14.7 Å². The summed E-state index contributed by atoms with van der Waals surface area (Å²) in [6, 6.07) is 4.29. The van der Waals surface area contributed by atoms with Gasteiger partial charge in [-0.1, -0.05) is 17.8 Å². The average Bonchev–Trinajstić information content (AvgIpc) is 2.83. The van der Waals surface area contributed by atoms with E-state index in [1.54, 1.807) is 32.2 Å². The number of aliphatic carboxylic acids is 1. The normalized spacial score (nSPS) is 11.9. The van der Waals surface area contributed by atoms with Crippen molar-refractivity contribution < 1.29 is 14.7 Å². The van der Waals surface area contributed by atoms with Gasteiger partial charge in [0.1, 0.15) is 0 Å². The number of rotatable bonds is 6. The van der Waals surface area contributed by atoms with E-state index in [0.29, 0.717) is 22.0 Å². The third-order valence-electron chi connectivity index (χ3n) is 3.01. The molecule has 8 heteroatoms. The number of H-pyrrole nitrogens is 1. The Balaban J connectivity index is 2.02. The number of carbonyl (C=O) groups excluding carboxylic acids is 1. The Morgan fingerprint density at radius 3 is 2.73 bits per heavy atom. The largest absolute Gasteiger partial charge is 0.479 e. The molecule has 116 valence electrons. The maximum absolute atomic E-state index is 12.0. The van der Waals surface area contributed by atoms with Crippen LogP contribution < -0.4 is 5.32 Å². The maximum Gasteiger partial charge on any atom is 0.331 e. The first kappa shape index (κ1) is 16.0. The Kier molecular flexibility index (Phi) is 5.16. The number of aryl methyl sites for hydroxylation is 2. The van der Waals surface area contributed by atoms with Crippen LogP contribution in [0.25, 0.3) is 0 Å². The van der Waals surface area contributed by atoms with Crippen LogP contribution in [0, 0.1) is 13.8 Å². The summed E-state index contributed by atoms with van der Waals surface area (Å²) in [5, 5.41) is 19.3. The average molecular weight is 320 g/mol. The number of pyridine rings is 1. The van der Waals surface area contributed by atoms with Gasteiger partial charge in [-0.25, -0.2) is 9.78 Å². The second kappa shape index (κ2) is 7.08. The second-order valence-electron chi connectivity index (χ2n) is 4.64. The molecule has 1 amide bonds. The maximum atomic E-state index is 12.0. The molecule has 2 rings (SSSR count). The zero-order chi connectivity index (χ0) is 16.1. The number of nitrogens with one attached hydrogen (secondary N) is 2. The van der Waals surface area contributed by atoms with Gasteiger partial charge in [0, 0.05) is 17.5 Å². The molecule has 0 aromatic carbocycles. The van der Waals surface area contributed by atoms with E-state index in [1.165, 1.54) is 11.8 Å². The van der Waals surface area contributed by atoms with Gasteiger partial charge < -0.3 is 10.4 Å². The fourth-order valence-corrected chi connectivity index (χ4v) is 2.69. The number of hydrogen-bond acceptors (Lipinski definition) is 5. The highest BCUT2D eigenvalue weighted by Gasteiger charge is 2.27. The molecule has 7 nitrogen and oxygen atoms in total. The third kappa shape index (κ3) is 3.85. The van der Waals surface area contributed by atoms with Crippen molar-refractivity contribution in [1.29, 1.82) is 0 Å². The summed E-state index contributed by atoms with van der Waals surface area (Å²) >= 11 is 1.25. The summed E-state index contributed by atoms with van der Waals surface area (Å²) in [4.78, 5) is 27.5. The standard InChI is InChI=1S/C14H16N4O3S/c1-8-12(9(2)18-17-8)13(14(20)21)16-10(19)7-22-11-5-3-4-6-15-11/h3-6,13H,7H2,1-2H3,(H,16,19)(H,17,18)(H,20,21)/t13-/m1/s1. The molecule has 0 aliphatic carbocycles. The smallest absolute Gasteiger partial charge is 0.331 e. The van der Waals surface area contributed by atoms with Crippen LogP contribution in [0.15, 0.2) is 29.4 Å². The van der Waals surface area contributed by atoms with Gasteiger partial charge in [-0.05, 0) is 26.0 Å². The molecule has 0 spiro atoms. The monoisotopic (exact) mass is 320 g/mol. The first-order valence-electron chi connectivity index (χ1n) is 6.56. The number of thioether (sulfide) groups is 1. The van der Waals surface area contributed by atoms with E-state index in [-0.39, 0.29) is 11.7 Å². The quantitative estimate of drug-likeness (QED) is 0.695. The molecular formula is C14H16N4O3S.